The van der Waals surface area contributed by atoms with Gasteiger partial charge in [-0.25, -0.2) is 18.4 Å². The van der Waals surface area contributed by atoms with Crippen molar-refractivity contribution in [3.05, 3.63) is 74.7 Å². The summed E-state index contributed by atoms with van der Waals surface area (Å²) in [5.41, 5.74) is -1.85. The van der Waals surface area contributed by atoms with Crippen LogP contribution in [0.3, 0.4) is 0 Å². The third-order valence-electron chi connectivity index (χ3n) is 3.83. The molecular formula is C16H12F2N6O4. The van der Waals surface area contributed by atoms with Crippen molar-refractivity contribution in [3.8, 4) is 5.69 Å². The van der Waals surface area contributed by atoms with Gasteiger partial charge < -0.3 is 0 Å². The maximum absolute atomic E-state index is 13.9. The van der Waals surface area contributed by atoms with E-state index in [1.165, 1.54) is 24.3 Å². The van der Waals surface area contributed by atoms with Gasteiger partial charge in [0.05, 0.1) is 4.92 Å². The molecule has 12 heteroatoms. The number of carbonyl (C=O) groups is 1. The maximum atomic E-state index is 13.9. The van der Waals surface area contributed by atoms with Gasteiger partial charge in [0.15, 0.2) is 11.6 Å². The lowest BCUT2D eigenvalue weighted by atomic mass is 10.2. The highest BCUT2D eigenvalue weighted by molar-refractivity contribution is 5.92. The van der Waals surface area contributed by atoms with Crippen molar-refractivity contribution in [1.82, 2.24) is 19.8 Å². The average molecular weight is 390 g/mol. The lowest BCUT2D eigenvalue weighted by molar-refractivity contribution is -0.384. The number of halogens is 2. The van der Waals surface area contributed by atoms with Crippen molar-refractivity contribution in [2.75, 3.05) is 11.4 Å². The Morgan fingerprint density at radius 2 is 1.75 bits per heavy atom. The zero-order valence-electron chi connectivity index (χ0n) is 14.3. The molecule has 0 saturated carbocycles. The number of anilines is 1. The SMILES string of the molecule is CCN(C(=O)n1nnn(-c2c(F)cccc2F)c1=O)c1ccc([N+](=O)[O-])cc1. The molecule has 0 aliphatic carbocycles. The molecule has 0 spiro atoms. The monoisotopic (exact) mass is 390 g/mol. The molecule has 3 rings (SSSR count). The molecule has 0 radical (unpaired) electrons. The molecule has 2 aromatic carbocycles. The summed E-state index contributed by atoms with van der Waals surface area (Å²) in [5, 5.41) is 17.5. The van der Waals surface area contributed by atoms with Gasteiger partial charge in [-0.05, 0) is 41.6 Å². The zero-order chi connectivity index (χ0) is 20.4. The molecule has 10 nitrogen and oxygen atoms in total. The smallest absolute Gasteiger partial charge is 0.293 e. The van der Waals surface area contributed by atoms with Gasteiger partial charge in [0.2, 0.25) is 0 Å². The molecule has 1 heterocycles. The number of non-ortho nitro benzene ring substituents is 1. The van der Waals surface area contributed by atoms with E-state index in [2.05, 4.69) is 10.4 Å². The summed E-state index contributed by atoms with van der Waals surface area (Å²) >= 11 is 0. The predicted octanol–water partition coefficient (Wildman–Crippen LogP) is 2.11. The second-order valence-electron chi connectivity index (χ2n) is 5.46. The van der Waals surface area contributed by atoms with E-state index in [0.717, 1.165) is 23.1 Å². The number of carbonyl (C=O) groups excluding carboxylic acids is 1. The van der Waals surface area contributed by atoms with E-state index in [1.54, 1.807) is 6.92 Å². The zero-order valence-corrected chi connectivity index (χ0v) is 14.3. The lowest BCUT2D eigenvalue weighted by Gasteiger charge is -2.19. The number of rotatable bonds is 4. The highest BCUT2D eigenvalue weighted by Gasteiger charge is 2.24. The van der Waals surface area contributed by atoms with E-state index < -0.39 is 34.0 Å². The number of tetrazole rings is 1. The normalized spacial score (nSPS) is 10.7. The van der Waals surface area contributed by atoms with Crippen molar-refractivity contribution in [1.29, 1.82) is 0 Å². The van der Waals surface area contributed by atoms with Crippen LogP contribution in [0.4, 0.5) is 25.0 Å². The number of aromatic nitrogens is 4. The van der Waals surface area contributed by atoms with Crippen LogP contribution in [0.2, 0.25) is 0 Å². The van der Waals surface area contributed by atoms with E-state index in [0.29, 0.717) is 9.36 Å². The number of benzene rings is 2. The van der Waals surface area contributed by atoms with E-state index in [-0.39, 0.29) is 17.9 Å². The van der Waals surface area contributed by atoms with E-state index in [9.17, 15) is 28.5 Å². The van der Waals surface area contributed by atoms with Crippen LogP contribution in [0.1, 0.15) is 6.92 Å². The van der Waals surface area contributed by atoms with E-state index in [4.69, 9.17) is 0 Å². The van der Waals surface area contributed by atoms with Gasteiger partial charge in [0.1, 0.15) is 5.69 Å². The number of nitro benzene ring substituents is 1. The molecule has 0 bridgehead atoms. The molecular weight excluding hydrogens is 378 g/mol. The predicted molar refractivity (Wildman–Crippen MR) is 92.4 cm³/mol. The Hall–Kier alpha value is -3.96. The summed E-state index contributed by atoms with van der Waals surface area (Å²) in [4.78, 5) is 36.4. The summed E-state index contributed by atoms with van der Waals surface area (Å²) in [6.07, 6.45) is 0. The molecule has 1 amide bonds. The van der Waals surface area contributed by atoms with Crippen molar-refractivity contribution >= 4 is 17.4 Å². The Balaban J connectivity index is 1.99. The minimum Gasteiger partial charge on any atom is -0.293 e. The Kier molecular flexibility index (Phi) is 4.94. The van der Waals surface area contributed by atoms with Crippen LogP contribution in [0.25, 0.3) is 5.69 Å². The van der Waals surface area contributed by atoms with Crippen LogP contribution in [0.15, 0.2) is 47.3 Å². The summed E-state index contributed by atoms with van der Waals surface area (Å²) in [5.74, 6) is -2.10. The fourth-order valence-corrected chi connectivity index (χ4v) is 2.49. The molecule has 0 unspecified atom stereocenters. The number of nitro groups is 1. The maximum Gasteiger partial charge on any atom is 0.377 e. The van der Waals surface area contributed by atoms with Crippen LogP contribution >= 0.6 is 0 Å². The van der Waals surface area contributed by atoms with Gasteiger partial charge in [-0.2, -0.15) is 4.68 Å². The molecule has 1 aromatic heterocycles. The molecule has 0 fully saturated rings. The molecule has 144 valence electrons. The Bertz CT molecular complexity index is 1090. The van der Waals surface area contributed by atoms with Gasteiger partial charge >= 0.3 is 11.7 Å². The number of hydrogen-bond donors (Lipinski definition) is 0. The van der Waals surface area contributed by atoms with Gasteiger partial charge in [-0.15, -0.1) is 4.68 Å². The molecule has 0 saturated heterocycles. The van der Waals surface area contributed by atoms with E-state index in [1.807, 2.05) is 0 Å². The Labute approximate surface area is 155 Å². The number of nitrogens with zero attached hydrogens (tertiary/aromatic N) is 6. The fourth-order valence-electron chi connectivity index (χ4n) is 2.49. The molecule has 0 aliphatic heterocycles. The summed E-state index contributed by atoms with van der Waals surface area (Å²) in [6, 6.07) is 7.07. The minimum atomic E-state index is -1.17. The summed E-state index contributed by atoms with van der Waals surface area (Å²) in [6.45, 7) is 1.69. The van der Waals surface area contributed by atoms with Crippen molar-refractivity contribution in [3.63, 3.8) is 0 Å². The minimum absolute atomic E-state index is 0.0873. The number of para-hydroxylation sites is 1. The molecule has 0 aliphatic rings. The number of amides is 1. The van der Waals surface area contributed by atoms with Crippen LogP contribution in [0, 0.1) is 21.7 Å². The Morgan fingerprint density at radius 3 is 2.29 bits per heavy atom. The van der Waals surface area contributed by atoms with Crippen LogP contribution < -0.4 is 10.6 Å². The van der Waals surface area contributed by atoms with Crippen molar-refractivity contribution in [2.45, 2.75) is 6.92 Å². The molecule has 28 heavy (non-hydrogen) atoms. The average Bonchev–Trinajstić information content (AvgIpc) is 3.04. The molecule has 0 N–H and O–H groups in total. The van der Waals surface area contributed by atoms with Crippen molar-refractivity contribution < 1.29 is 18.5 Å². The highest BCUT2D eigenvalue weighted by atomic mass is 19.1. The van der Waals surface area contributed by atoms with E-state index >= 15 is 0 Å². The fraction of sp³-hybridized carbons (Fsp3) is 0.125. The first-order valence-electron chi connectivity index (χ1n) is 7.91. The van der Waals surface area contributed by atoms with Crippen LogP contribution in [0.5, 0.6) is 0 Å². The van der Waals surface area contributed by atoms with Crippen LogP contribution in [-0.2, 0) is 0 Å². The summed E-state index contributed by atoms with van der Waals surface area (Å²) in [7, 11) is 0. The first kappa shape index (κ1) is 18.8. The summed E-state index contributed by atoms with van der Waals surface area (Å²) < 4.78 is 28.5. The van der Waals surface area contributed by atoms with Crippen molar-refractivity contribution in [2.24, 2.45) is 0 Å². The highest BCUT2D eigenvalue weighted by Crippen LogP contribution is 2.20. The van der Waals surface area contributed by atoms with Gasteiger partial charge in [0.25, 0.3) is 5.69 Å². The molecule has 3 aromatic rings. The van der Waals surface area contributed by atoms with Gasteiger partial charge in [-0.3, -0.25) is 15.0 Å². The third kappa shape index (κ3) is 3.22. The number of hydrogen-bond acceptors (Lipinski definition) is 6. The standard InChI is InChI=1S/C16H12F2N6O4/c1-2-21(10-6-8-11(9-7-10)24(27)28)15(25)23-16(26)22(19-20-23)14-12(17)4-3-5-13(14)18/h3-9H,2H2,1H3. The largest absolute Gasteiger partial charge is 0.377 e. The first-order valence-corrected chi connectivity index (χ1v) is 7.91. The second kappa shape index (κ2) is 7.34. The second-order valence-corrected chi connectivity index (χ2v) is 5.46. The Morgan fingerprint density at radius 1 is 1.14 bits per heavy atom. The van der Waals surface area contributed by atoms with Crippen LogP contribution in [-0.4, -0.2) is 37.3 Å². The third-order valence-corrected chi connectivity index (χ3v) is 3.83. The topological polar surface area (TPSA) is 116 Å². The van der Waals surface area contributed by atoms with Gasteiger partial charge in [-0.1, -0.05) is 6.07 Å². The molecule has 0 atom stereocenters. The lowest BCUT2D eigenvalue weighted by Crippen LogP contribution is -2.41. The van der Waals surface area contributed by atoms with Gasteiger partial charge in [0, 0.05) is 24.4 Å². The first-order chi connectivity index (χ1) is 13.3. The quantitative estimate of drug-likeness (QED) is 0.383.